The van der Waals surface area contributed by atoms with Crippen LogP contribution in [0, 0.1) is 0 Å². The largest absolute Gasteiger partial charge is 0.478 e. The van der Waals surface area contributed by atoms with E-state index in [1.54, 1.807) is 18.3 Å². The number of fused-ring (bicyclic) bond motifs is 2. The molecule has 1 aliphatic carbocycles. The van der Waals surface area contributed by atoms with Crippen LogP contribution >= 0.6 is 0 Å². The summed E-state index contributed by atoms with van der Waals surface area (Å²) in [6.45, 7) is 0. The van der Waals surface area contributed by atoms with Crippen molar-refractivity contribution in [3.63, 3.8) is 0 Å². The molecule has 2 heterocycles. The van der Waals surface area contributed by atoms with Crippen LogP contribution in [0.25, 0.3) is 11.2 Å². The zero-order valence-corrected chi connectivity index (χ0v) is 11.9. The Morgan fingerprint density at radius 3 is 3.00 bits per heavy atom. The van der Waals surface area contributed by atoms with Crippen LogP contribution in [-0.2, 0) is 6.42 Å². The minimum atomic E-state index is -0.891. The minimum Gasteiger partial charge on any atom is -0.478 e. The van der Waals surface area contributed by atoms with E-state index in [9.17, 15) is 9.90 Å². The summed E-state index contributed by atoms with van der Waals surface area (Å²) >= 11 is 0. The molecule has 1 aliphatic rings. The van der Waals surface area contributed by atoms with Gasteiger partial charge in [0.2, 0.25) is 0 Å². The average Bonchev–Trinajstić information content (AvgIpc) is 3.01. The first kappa shape index (κ1) is 12.8. The second-order valence-electron chi connectivity index (χ2n) is 5.44. The van der Waals surface area contributed by atoms with E-state index in [2.05, 4.69) is 11.1 Å². The number of carbonyl (C=O) groups is 1. The Bertz CT molecular complexity index is 922. The molecular formula is C18H14N2O2. The number of carboxylic acid groups (broad SMARTS) is 1. The summed E-state index contributed by atoms with van der Waals surface area (Å²) in [6.07, 6.45) is 9.83. The highest BCUT2D eigenvalue weighted by molar-refractivity contribution is 5.91. The molecule has 0 saturated carbocycles. The van der Waals surface area contributed by atoms with Gasteiger partial charge in [0.15, 0.2) is 0 Å². The fourth-order valence-corrected chi connectivity index (χ4v) is 3.01. The predicted molar refractivity (Wildman–Crippen MR) is 84.0 cm³/mol. The molecule has 0 spiro atoms. The lowest BCUT2D eigenvalue weighted by molar-refractivity contribution is 0.0697. The quantitative estimate of drug-likeness (QED) is 0.787. The van der Waals surface area contributed by atoms with E-state index in [4.69, 9.17) is 0 Å². The molecule has 0 saturated heterocycles. The Kier molecular flexibility index (Phi) is 2.82. The van der Waals surface area contributed by atoms with Crippen molar-refractivity contribution in [2.24, 2.45) is 0 Å². The third-order valence-electron chi connectivity index (χ3n) is 4.11. The standard InChI is InChI=1S/C18H14N2O2/c21-18(22)13-5-4-12-2-1-3-15(16(12)10-13)14-6-7-17-19-8-9-20(17)11-14/h3-11H,1-2H2,(H,21,22). The lowest BCUT2D eigenvalue weighted by atomic mass is 9.86. The van der Waals surface area contributed by atoms with Crippen molar-refractivity contribution in [2.45, 2.75) is 12.8 Å². The van der Waals surface area contributed by atoms with Crippen molar-refractivity contribution in [2.75, 3.05) is 0 Å². The monoisotopic (exact) mass is 290 g/mol. The van der Waals surface area contributed by atoms with E-state index in [1.165, 1.54) is 5.56 Å². The van der Waals surface area contributed by atoms with Gasteiger partial charge in [-0.2, -0.15) is 0 Å². The maximum absolute atomic E-state index is 11.2. The van der Waals surface area contributed by atoms with Gasteiger partial charge in [-0.1, -0.05) is 12.1 Å². The lowest BCUT2D eigenvalue weighted by Crippen LogP contribution is -2.05. The van der Waals surface area contributed by atoms with Crippen LogP contribution in [0.2, 0.25) is 0 Å². The summed E-state index contributed by atoms with van der Waals surface area (Å²) < 4.78 is 1.98. The molecule has 0 unspecified atom stereocenters. The summed E-state index contributed by atoms with van der Waals surface area (Å²) in [5, 5.41) is 9.22. The van der Waals surface area contributed by atoms with Gasteiger partial charge in [-0.05, 0) is 59.4 Å². The molecule has 0 atom stereocenters. The molecule has 0 bridgehead atoms. The number of hydrogen-bond acceptors (Lipinski definition) is 2. The number of pyridine rings is 1. The summed E-state index contributed by atoms with van der Waals surface area (Å²) in [7, 11) is 0. The number of carboxylic acids is 1. The molecule has 4 rings (SSSR count). The minimum absolute atomic E-state index is 0.329. The van der Waals surface area contributed by atoms with Crippen LogP contribution in [0.15, 0.2) is 55.0 Å². The highest BCUT2D eigenvalue weighted by atomic mass is 16.4. The van der Waals surface area contributed by atoms with E-state index in [0.717, 1.165) is 35.2 Å². The third kappa shape index (κ3) is 2.00. The molecule has 1 aromatic carbocycles. The van der Waals surface area contributed by atoms with Gasteiger partial charge >= 0.3 is 5.97 Å². The summed E-state index contributed by atoms with van der Waals surface area (Å²) in [6, 6.07) is 9.41. The zero-order chi connectivity index (χ0) is 15.1. The highest BCUT2D eigenvalue weighted by Gasteiger charge is 2.17. The van der Waals surface area contributed by atoms with Gasteiger partial charge in [-0.15, -0.1) is 0 Å². The molecule has 3 aromatic rings. The van der Waals surface area contributed by atoms with Gasteiger partial charge in [0.05, 0.1) is 5.56 Å². The van der Waals surface area contributed by atoms with Crippen LogP contribution in [0.4, 0.5) is 0 Å². The third-order valence-corrected chi connectivity index (χ3v) is 4.11. The number of imidazole rings is 1. The van der Waals surface area contributed by atoms with Crippen molar-refractivity contribution in [1.29, 1.82) is 0 Å². The fourth-order valence-electron chi connectivity index (χ4n) is 3.01. The van der Waals surface area contributed by atoms with Crippen LogP contribution < -0.4 is 0 Å². The zero-order valence-electron chi connectivity index (χ0n) is 11.9. The molecule has 0 aliphatic heterocycles. The van der Waals surface area contributed by atoms with Gasteiger partial charge in [-0.25, -0.2) is 9.78 Å². The van der Waals surface area contributed by atoms with Crippen molar-refractivity contribution in [1.82, 2.24) is 9.38 Å². The number of rotatable bonds is 2. The number of aryl methyl sites for hydroxylation is 1. The molecule has 1 N–H and O–H groups in total. The summed E-state index contributed by atoms with van der Waals surface area (Å²) in [5.74, 6) is -0.891. The number of allylic oxidation sites excluding steroid dienone is 1. The van der Waals surface area contributed by atoms with Gasteiger partial charge < -0.3 is 9.51 Å². The Morgan fingerprint density at radius 2 is 2.14 bits per heavy atom. The number of benzene rings is 1. The molecule has 4 heteroatoms. The van der Waals surface area contributed by atoms with Crippen molar-refractivity contribution >= 4 is 17.2 Å². The van der Waals surface area contributed by atoms with Crippen molar-refractivity contribution in [3.8, 4) is 0 Å². The number of nitrogens with zero attached hydrogens (tertiary/aromatic N) is 2. The molecular weight excluding hydrogens is 276 g/mol. The summed E-state index contributed by atoms with van der Waals surface area (Å²) in [4.78, 5) is 15.5. The Hall–Kier alpha value is -2.88. The second kappa shape index (κ2) is 4.84. The van der Waals surface area contributed by atoms with E-state index in [1.807, 2.05) is 35.0 Å². The maximum Gasteiger partial charge on any atom is 0.335 e. The maximum atomic E-state index is 11.2. The van der Waals surface area contributed by atoms with Crippen molar-refractivity contribution in [3.05, 3.63) is 77.3 Å². The first-order valence-corrected chi connectivity index (χ1v) is 7.22. The molecule has 4 nitrogen and oxygen atoms in total. The molecule has 0 amide bonds. The first-order chi connectivity index (χ1) is 10.7. The van der Waals surface area contributed by atoms with Gasteiger partial charge in [0, 0.05) is 18.6 Å². The Balaban J connectivity index is 1.87. The second-order valence-corrected chi connectivity index (χ2v) is 5.44. The van der Waals surface area contributed by atoms with Gasteiger partial charge in [0.1, 0.15) is 5.65 Å². The topological polar surface area (TPSA) is 54.6 Å². The number of aromatic carboxylic acids is 1. The fraction of sp³-hybridized carbons (Fsp3) is 0.111. The van der Waals surface area contributed by atoms with Gasteiger partial charge in [0.25, 0.3) is 0 Å². The number of aromatic nitrogens is 2. The molecule has 0 fully saturated rings. The first-order valence-electron chi connectivity index (χ1n) is 7.22. The average molecular weight is 290 g/mol. The number of hydrogen-bond donors (Lipinski definition) is 1. The molecule has 22 heavy (non-hydrogen) atoms. The van der Waals surface area contributed by atoms with E-state index >= 15 is 0 Å². The van der Waals surface area contributed by atoms with Crippen LogP contribution in [-0.4, -0.2) is 20.5 Å². The van der Waals surface area contributed by atoms with Crippen LogP contribution in [0.3, 0.4) is 0 Å². The van der Waals surface area contributed by atoms with Crippen molar-refractivity contribution < 1.29 is 9.90 Å². The van der Waals surface area contributed by atoms with Crippen LogP contribution in [0.1, 0.15) is 33.5 Å². The smallest absolute Gasteiger partial charge is 0.335 e. The molecule has 0 radical (unpaired) electrons. The van der Waals surface area contributed by atoms with E-state index in [-0.39, 0.29) is 0 Å². The Labute approximate surface area is 127 Å². The van der Waals surface area contributed by atoms with Crippen LogP contribution in [0.5, 0.6) is 0 Å². The highest BCUT2D eigenvalue weighted by Crippen LogP contribution is 2.32. The predicted octanol–water partition coefficient (Wildman–Crippen LogP) is 3.41. The van der Waals surface area contributed by atoms with E-state index < -0.39 is 5.97 Å². The van der Waals surface area contributed by atoms with Gasteiger partial charge in [-0.3, -0.25) is 0 Å². The molecule has 2 aromatic heterocycles. The summed E-state index contributed by atoms with van der Waals surface area (Å²) in [5.41, 5.74) is 5.63. The normalized spacial score (nSPS) is 13.7. The molecule has 108 valence electrons. The SMILES string of the molecule is O=C(O)c1ccc2c(c1)C(c1ccc3nccn3c1)=CCC2. The van der Waals surface area contributed by atoms with E-state index in [0.29, 0.717) is 5.56 Å². The lowest BCUT2D eigenvalue weighted by Gasteiger charge is -2.19. The Morgan fingerprint density at radius 1 is 1.23 bits per heavy atom.